The van der Waals surface area contributed by atoms with E-state index >= 15 is 0 Å². The zero-order valence-corrected chi connectivity index (χ0v) is 15.6. The Hall–Kier alpha value is -2.70. The summed E-state index contributed by atoms with van der Waals surface area (Å²) in [7, 11) is 0. The van der Waals surface area contributed by atoms with E-state index in [9.17, 15) is 19.8 Å². The number of benzene rings is 2. The minimum absolute atomic E-state index is 0.286. The van der Waals surface area contributed by atoms with E-state index in [0.717, 1.165) is 12.8 Å². The van der Waals surface area contributed by atoms with Gasteiger partial charge in [-0.3, -0.25) is 9.59 Å². The van der Waals surface area contributed by atoms with Gasteiger partial charge in [-0.15, -0.1) is 0 Å². The molecule has 1 fully saturated rings. The highest BCUT2D eigenvalue weighted by Crippen LogP contribution is 2.22. The summed E-state index contributed by atoms with van der Waals surface area (Å²) in [5.74, 6) is -0.970. The highest BCUT2D eigenvalue weighted by Gasteiger charge is 2.31. The Labute approximate surface area is 164 Å². The maximum Gasteiger partial charge on any atom is 0.253 e. The van der Waals surface area contributed by atoms with E-state index in [-0.39, 0.29) is 12.1 Å². The molecule has 2 amide bonds. The third kappa shape index (κ3) is 4.97. The molecule has 0 spiro atoms. The molecule has 0 bridgehead atoms. The van der Waals surface area contributed by atoms with Crippen molar-refractivity contribution in [2.24, 2.45) is 0 Å². The summed E-state index contributed by atoms with van der Waals surface area (Å²) >= 11 is 0. The van der Waals surface area contributed by atoms with E-state index in [2.05, 4.69) is 10.6 Å². The van der Waals surface area contributed by atoms with Gasteiger partial charge in [0.05, 0.1) is 0 Å². The van der Waals surface area contributed by atoms with E-state index in [1.165, 1.54) is 0 Å². The SMILES string of the molecule is O=C(N[C@@H]1CCCC[C@H]1NC(=O)[C@@H](O)c1ccccc1)[C@@H](O)c1ccccc1. The number of hydrogen-bond acceptors (Lipinski definition) is 4. The fourth-order valence-corrected chi connectivity index (χ4v) is 3.57. The number of nitrogens with one attached hydrogen (secondary N) is 2. The largest absolute Gasteiger partial charge is 0.378 e. The van der Waals surface area contributed by atoms with Gasteiger partial charge in [0, 0.05) is 12.1 Å². The molecular weight excluding hydrogens is 356 g/mol. The van der Waals surface area contributed by atoms with Gasteiger partial charge in [0.2, 0.25) is 0 Å². The lowest BCUT2D eigenvalue weighted by molar-refractivity contribution is -0.133. The van der Waals surface area contributed by atoms with Gasteiger partial charge in [-0.05, 0) is 24.0 Å². The second kappa shape index (κ2) is 9.48. The molecule has 2 aromatic carbocycles. The van der Waals surface area contributed by atoms with Crippen LogP contribution in [0, 0.1) is 0 Å². The molecule has 4 atom stereocenters. The molecule has 0 radical (unpaired) electrons. The second-order valence-corrected chi connectivity index (χ2v) is 7.14. The van der Waals surface area contributed by atoms with Crippen molar-refractivity contribution in [3.63, 3.8) is 0 Å². The normalized spacial score (nSPS) is 21.4. The molecule has 0 heterocycles. The van der Waals surface area contributed by atoms with Crippen molar-refractivity contribution in [2.75, 3.05) is 0 Å². The van der Waals surface area contributed by atoms with Crippen LogP contribution in [0.2, 0.25) is 0 Å². The second-order valence-electron chi connectivity index (χ2n) is 7.14. The molecule has 2 aromatic rings. The number of amides is 2. The van der Waals surface area contributed by atoms with Crippen LogP contribution < -0.4 is 10.6 Å². The smallest absolute Gasteiger partial charge is 0.253 e. The van der Waals surface area contributed by atoms with Crippen LogP contribution in [-0.4, -0.2) is 34.1 Å². The van der Waals surface area contributed by atoms with Crippen LogP contribution in [0.1, 0.15) is 49.0 Å². The van der Waals surface area contributed by atoms with E-state index in [0.29, 0.717) is 24.0 Å². The summed E-state index contributed by atoms with van der Waals surface area (Å²) < 4.78 is 0. The van der Waals surface area contributed by atoms with Crippen LogP contribution in [0.25, 0.3) is 0 Å². The lowest BCUT2D eigenvalue weighted by Crippen LogP contribution is -2.54. The molecular formula is C22H26N2O4. The average molecular weight is 382 g/mol. The lowest BCUT2D eigenvalue weighted by Gasteiger charge is -2.34. The van der Waals surface area contributed by atoms with E-state index < -0.39 is 24.0 Å². The first-order valence-corrected chi connectivity index (χ1v) is 9.63. The summed E-state index contributed by atoms with van der Waals surface area (Å²) in [6, 6.07) is 16.9. The number of carbonyl (C=O) groups is 2. The molecule has 1 saturated carbocycles. The van der Waals surface area contributed by atoms with Crippen molar-refractivity contribution in [1.29, 1.82) is 0 Å². The summed E-state index contributed by atoms with van der Waals surface area (Å²) in [6.45, 7) is 0. The summed E-state index contributed by atoms with van der Waals surface area (Å²) in [4.78, 5) is 25.0. The van der Waals surface area contributed by atoms with Gasteiger partial charge in [-0.2, -0.15) is 0 Å². The zero-order chi connectivity index (χ0) is 19.9. The third-order valence-electron chi connectivity index (χ3n) is 5.15. The van der Waals surface area contributed by atoms with Gasteiger partial charge in [-0.1, -0.05) is 73.5 Å². The minimum atomic E-state index is -1.26. The first-order valence-electron chi connectivity index (χ1n) is 9.63. The van der Waals surface area contributed by atoms with Crippen molar-refractivity contribution in [3.05, 3.63) is 71.8 Å². The first kappa shape index (κ1) is 20.0. The van der Waals surface area contributed by atoms with Crippen LogP contribution in [0.3, 0.4) is 0 Å². The highest BCUT2D eigenvalue weighted by molar-refractivity contribution is 5.83. The van der Waals surface area contributed by atoms with Crippen molar-refractivity contribution < 1.29 is 19.8 Å². The number of carbonyl (C=O) groups excluding carboxylic acids is 2. The lowest BCUT2D eigenvalue weighted by atomic mass is 9.89. The average Bonchev–Trinajstić information content (AvgIpc) is 2.75. The van der Waals surface area contributed by atoms with Crippen molar-refractivity contribution >= 4 is 11.8 Å². The Balaban J connectivity index is 1.62. The van der Waals surface area contributed by atoms with Crippen molar-refractivity contribution in [3.8, 4) is 0 Å². The predicted molar refractivity (Wildman–Crippen MR) is 105 cm³/mol. The van der Waals surface area contributed by atoms with E-state index in [4.69, 9.17) is 0 Å². The predicted octanol–water partition coefficient (Wildman–Crippen LogP) is 2.00. The molecule has 28 heavy (non-hydrogen) atoms. The standard InChI is InChI=1S/C22H26N2O4/c25-19(15-9-3-1-4-10-15)21(27)23-17-13-7-8-14-18(17)24-22(28)20(26)16-11-5-2-6-12-16/h1-6,9-12,17-20,25-26H,7-8,13-14H2,(H,23,27)(H,24,28)/t17-,18-,19+,20+/m1/s1. The van der Waals surface area contributed by atoms with Gasteiger partial charge in [0.25, 0.3) is 11.8 Å². The minimum Gasteiger partial charge on any atom is -0.378 e. The Morgan fingerprint density at radius 1 is 0.714 bits per heavy atom. The van der Waals surface area contributed by atoms with Crippen molar-refractivity contribution in [2.45, 2.75) is 50.0 Å². The molecule has 0 aromatic heterocycles. The molecule has 0 unspecified atom stereocenters. The van der Waals surface area contributed by atoms with Crippen LogP contribution in [-0.2, 0) is 9.59 Å². The number of aliphatic hydroxyl groups is 2. The summed E-state index contributed by atoms with van der Waals surface area (Å²) in [5.41, 5.74) is 1.05. The van der Waals surface area contributed by atoms with E-state index in [1.54, 1.807) is 48.5 Å². The quantitative estimate of drug-likeness (QED) is 0.614. The summed E-state index contributed by atoms with van der Waals surface area (Å²) in [5, 5.41) is 26.3. The molecule has 1 aliphatic rings. The molecule has 3 rings (SSSR count). The monoisotopic (exact) mass is 382 g/mol. The van der Waals surface area contributed by atoms with E-state index in [1.807, 2.05) is 12.1 Å². The fourth-order valence-electron chi connectivity index (χ4n) is 3.57. The topological polar surface area (TPSA) is 98.7 Å². The maximum absolute atomic E-state index is 12.5. The molecule has 6 nitrogen and oxygen atoms in total. The third-order valence-corrected chi connectivity index (χ3v) is 5.15. The number of rotatable bonds is 6. The van der Waals surface area contributed by atoms with Gasteiger partial charge >= 0.3 is 0 Å². The van der Waals surface area contributed by atoms with Gasteiger partial charge in [0.1, 0.15) is 0 Å². The Bertz CT molecular complexity index is 714. The van der Waals surface area contributed by atoms with Crippen LogP contribution in [0.4, 0.5) is 0 Å². The highest BCUT2D eigenvalue weighted by atomic mass is 16.3. The van der Waals surface area contributed by atoms with Crippen LogP contribution >= 0.6 is 0 Å². The van der Waals surface area contributed by atoms with Crippen LogP contribution in [0.15, 0.2) is 60.7 Å². The molecule has 0 aliphatic heterocycles. The van der Waals surface area contributed by atoms with Crippen molar-refractivity contribution in [1.82, 2.24) is 10.6 Å². The molecule has 4 N–H and O–H groups in total. The molecule has 1 aliphatic carbocycles. The van der Waals surface area contributed by atoms with Crippen LogP contribution in [0.5, 0.6) is 0 Å². The maximum atomic E-state index is 12.5. The number of aliphatic hydroxyl groups excluding tert-OH is 2. The zero-order valence-electron chi connectivity index (χ0n) is 15.6. The molecule has 6 heteroatoms. The first-order chi connectivity index (χ1) is 13.6. The molecule has 148 valence electrons. The van der Waals surface area contributed by atoms with Gasteiger partial charge < -0.3 is 20.8 Å². The fraction of sp³-hybridized carbons (Fsp3) is 0.364. The Morgan fingerprint density at radius 2 is 1.07 bits per heavy atom. The van der Waals surface area contributed by atoms with Gasteiger partial charge in [-0.25, -0.2) is 0 Å². The van der Waals surface area contributed by atoms with Gasteiger partial charge in [0.15, 0.2) is 12.2 Å². The molecule has 0 saturated heterocycles. The Kier molecular flexibility index (Phi) is 6.79. The Morgan fingerprint density at radius 3 is 1.43 bits per heavy atom. The summed E-state index contributed by atoms with van der Waals surface area (Å²) in [6.07, 6.45) is 0.767. The number of hydrogen-bond donors (Lipinski definition) is 4.